The molecule has 0 N–H and O–H groups in total. The average molecular weight is 661 g/mol. The summed E-state index contributed by atoms with van der Waals surface area (Å²) in [4.78, 5) is 38.1. The molecule has 0 radical (unpaired) electrons. The highest BCUT2D eigenvalue weighted by molar-refractivity contribution is 5.92. The van der Waals surface area contributed by atoms with Crippen molar-refractivity contribution in [1.29, 1.82) is 0 Å². The highest BCUT2D eigenvalue weighted by Gasteiger charge is 2.59. The molecule has 3 fully saturated rings. The molecule has 5 rings (SSSR count). The van der Waals surface area contributed by atoms with Gasteiger partial charge in [0.1, 0.15) is 17.6 Å². The summed E-state index contributed by atoms with van der Waals surface area (Å²) in [5.74, 6) is 2.99. The van der Waals surface area contributed by atoms with E-state index in [-0.39, 0.29) is 40.1 Å². The molecule has 0 spiro atoms. The summed E-state index contributed by atoms with van der Waals surface area (Å²) >= 11 is 0. The molecule has 6 nitrogen and oxygen atoms in total. The zero-order valence-electron chi connectivity index (χ0n) is 30.9. The molecule has 0 aliphatic heterocycles. The maximum absolute atomic E-state index is 13.5. The van der Waals surface area contributed by atoms with Crippen LogP contribution in [0.5, 0.6) is 11.5 Å². The summed E-state index contributed by atoms with van der Waals surface area (Å²) in [6.07, 6.45) is 15.5. The topological polar surface area (TPSA) is 78.9 Å². The second kappa shape index (κ2) is 14.5. The van der Waals surface area contributed by atoms with Gasteiger partial charge in [0.05, 0.1) is 11.5 Å². The third-order valence-electron chi connectivity index (χ3n) is 12.9. The summed E-state index contributed by atoms with van der Waals surface area (Å²) in [5.41, 5.74) is 2.48. The minimum absolute atomic E-state index is 0.102. The first-order valence-electron chi connectivity index (χ1n) is 18.8. The summed E-state index contributed by atoms with van der Waals surface area (Å²) < 4.78 is 17.0. The second-order valence-electron chi connectivity index (χ2n) is 17.0. The van der Waals surface area contributed by atoms with Gasteiger partial charge in [0.15, 0.2) is 0 Å². The normalized spacial score (nSPS) is 31.6. The Balaban J connectivity index is 1.27. The Morgan fingerprint density at radius 2 is 1.60 bits per heavy atom. The number of hydrogen-bond acceptors (Lipinski definition) is 6. The largest absolute Gasteiger partial charge is 0.458 e. The molecule has 3 saturated carbocycles. The average Bonchev–Trinajstić information content (AvgIpc) is 3.38. The molecule has 0 saturated heterocycles. The number of fused-ring (bicyclic) bond motifs is 5. The molecule has 1 aromatic carbocycles. The van der Waals surface area contributed by atoms with Crippen molar-refractivity contribution < 1.29 is 28.6 Å². The van der Waals surface area contributed by atoms with Gasteiger partial charge < -0.3 is 14.2 Å². The monoisotopic (exact) mass is 660 g/mol. The van der Waals surface area contributed by atoms with Gasteiger partial charge in [-0.25, -0.2) is 9.59 Å². The Morgan fingerprint density at radius 3 is 2.27 bits per heavy atom. The predicted octanol–water partition coefficient (Wildman–Crippen LogP) is 10.3. The van der Waals surface area contributed by atoms with E-state index < -0.39 is 17.9 Å². The quantitative estimate of drug-likeness (QED) is 0.102. The summed E-state index contributed by atoms with van der Waals surface area (Å²) in [7, 11) is 0. The number of carbonyl (C=O) groups excluding carboxylic acids is 3. The highest BCUT2D eigenvalue weighted by atomic mass is 16.6. The van der Waals surface area contributed by atoms with Gasteiger partial charge >= 0.3 is 17.9 Å². The second-order valence-corrected chi connectivity index (χ2v) is 17.0. The lowest BCUT2D eigenvalue weighted by atomic mass is 9.47. The maximum Gasteiger partial charge on any atom is 0.338 e. The standard InChI is InChI=1S/C42H60O6/c1-25(2)11-10-12-28(7)35-15-16-36-34-14-13-30-23-31(17-19-41(30,8)37(34)18-20-42(35,36)9)46-40(45)29-21-32(47-38(43)26(3)4)24-33(22-29)48-39(44)27(5)6/h13,21-22,24-25,27-28,31,34-37H,3,10-12,14-20,23H2,1-2,4-9H3. The van der Waals surface area contributed by atoms with Crippen LogP contribution in [0.4, 0.5) is 0 Å². The SMILES string of the molecule is C=C(C)C(=O)Oc1cc(OC(=O)C(C)C)cc(C(=O)OC2CCC3(C)C(=CCC4C3CCC3(C)C(C(C)CCCC(C)C)CCC43)C2)c1. The van der Waals surface area contributed by atoms with Gasteiger partial charge in [-0.1, -0.05) is 86.0 Å². The van der Waals surface area contributed by atoms with Crippen LogP contribution in [-0.4, -0.2) is 24.0 Å². The molecule has 48 heavy (non-hydrogen) atoms. The molecule has 0 aromatic heterocycles. The van der Waals surface area contributed by atoms with Gasteiger partial charge in [-0.3, -0.25) is 4.79 Å². The van der Waals surface area contributed by atoms with Crippen molar-refractivity contribution in [2.45, 2.75) is 132 Å². The van der Waals surface area contributed by atoms with Gasteiger partial charge in [0.25, 0.3) is 0 Å². The summed E-state index contributed by atoms with van der Waals surface area (Å²) in [6.45, 7) is 21.0. The van der Waals surface area contributed by atoms with E-state index in [2.05, 4.69) is 47.3 Å². The third-order valence-corrected chi connectivity index (χ3v) is 12.9. The minimum atomic E-state index is -0.622. The van der Waals surface area contributed by atoms with Crippen molar-refractivity contribution >= 4 is 17.9 Å². The fourth-order valence-electron chi connectivity index (χ4n) is 10.2. The molecular weight excluding hydrogens is 600 g/mol. The third kappa shape index (κ3) is 7.48. The molecule has 0 heterocycles. The van der Waals surface area contributed by atoms with E-state index in [0.717, 1.165) is 55.3 Å². The number of ether oxygens (including phenoxy) is 3. The van der Waals surface area contributed by atoms with Crippen LogP contribution in [0.15, 0.2) is 42.0 Å². The van der Waals surface area contributed by atoms with E-state index in [9.17, 15) is 14.4 Å². The van der Waals surface area contributed by atoms with Crippen LogP contribution in [0.25, 0.3) is 0 Å². The number of benzene rings is 1. The lowest BCUT2D eigenvalue weighted by Crippen LogP contribution is -2.51. The van der Waals surface area contributed by atoms with Crippen LogP contribution < -0.4 is 9.47 Å². The number of allylic oxidation sites excluding steroid dienone is 1. The van der Waals surface area contributed by atoms with Crippen molar-refractivity contribution in [2.24, 2.45) is 52.3 Å². The van der Waals surface area contributed by atoms with E-state index in [1.807, 2.05) is 0 Å². The van der Waals surface area contributed by atoms with Crippen molar-refractivity contribution in [1.82, 2.24) is 0 Å². The fraction of sp³-hybridized carbons (Fsp3) is 0.690. The Hall–Kier alpha value is -2.89. The van der Waals surface area contributed by atoms with Crippen molar-refractivity contribution in [3.8, 4) is 11.5 Å². The Kier molecular flexibility index (Phi) is 11.0. The number of carbonyl (C=O) groups is 3. The van der Waals surface area contributed by atoms with E-state index >= 15 is 0 Å². The molecule has 264 valence electrons. The van der Waals surface area contributed by atoms with Crippen molar-refractivity contribution in [3.05, 3.63) is 47.6 Å². The van der Waals surface area contributed by atoms with Crippen LogP contribution >= 0.6 is 0 Å². The van der Waals surface area contributed by atoms with Crippen LogP contribution in [-0.2, 0) is 14.3 Å². The zero-order chi connectivity index (χ0) is 35.0. The van der Waals surface area contributed by atoms with Crippen molar-refractivity contribution in [2.75, 3.05) is 0 Å². The van der Waals surface area contributed by atoms with Crippen molar-refractivity contribution in [3.63, 3.8) is 0 Å². The van der Waals surface area contributed by atoms with Crippen LogP contribution in [0, 0.1) is 52.3 Å². The first kappa shape index (κ1) is 36.4. The smallest absolute Gasteiger partial charge is 0.338 e. The molecule has 0 bridgehead atoms. The number of hydrogen-bond donors (Lipinski definition) is 0. The molecule has 8 atom stereocenters. The molecule has 8 unspecified atom stereocenters. The predicted molar refractivity (Wildman–Crippen MR) is 190 cm³/mol. The summed E-state index contributed by atoms with van der Waals surface area (Å²) in [6, 6.07) is 4.38. The Bertz CT molecular complexity index is 1420. The molecular formula is C42H60O6. The van der Waals surface area contributed by atoms with Gasteiger partial charge in [-0.2, -0.15) is 0 Å². The lowest BCUT2D eigenvalue weighted by molar-refractivity contribution is -0.137. The van der Waals surface area contributed by atoms with Gasteiger partial charge in [-0.15, -0.1) is 0 Å². The minimum Gasteiger partial charge on any atom is -0.458 e. The molecule has 4 aliphatic carbocycles. The number of rotatable bonds is 11. The first-order valence-corrected chi connectivity index (χ1v) is 18.8. The molecule has 6 heteroatoms. The molecule has 4 aliphatic rings. The molecule has 0 amide bonds. The van der Waals surface area contributed by atoms with E-state index in [0.29, 0.717) is 11.3 Å². The Morgan fingerprint density at radius 1 is 0.896 bits per heavy atom. The lowest BCUT2D eigenvalue weighted by Gasteiger charge is -2.58. The van der Waals surface area contributed by atoms with Crippen LogP contribution in [0.1, 0.15) is 136 Å². The van der Waals surface area contributed by atoms with Gasteiger partial charge in [-0.05, 0) is 110 Å². The molecule has 1 aromatic rings. The van der Waals surface area contributed by atoms with E-state index in [1.54, 1.807) is 20.8 Å². The van der Waals surface area contributed by atoms with E-state index in [1.165, 1.54) is 68.7 Å². The van der Waals surface area contributed by atoms with Crippen LogP contribution in [0.2, 0.25) is 0 Å². The first-order chi connectivity index (χ1) is 22.6. The summed E-state index contributed by atoms with van der Waals surface area (Å²) in [5, 5.41) is 0. The zero-order valence-corrected chi connectivity index (χ0v) is 30.9. The maximum atomic E-state index is 13.5. The highest BCUT2D eigenvalue weighted by Crippen LogP contribution is 2.67. The fourth-order valence-corrected chi connectivity index (χ4v) is 10.2. The van der Waals surface area contributed by atoms with Crippen LogP contribution in [0.3, 0.4) is 0 Å². The van der Waals surface area contributed by atoms with Gasteiger partial charge in [0.2, 0.25) is 0 Å². The number of esters is 3. The Labute approximate surface area is 289 Å². The van der Waals surface area contributed by atoms with Gasteiger partial charge in [0, 0.05) is 18.1 Å². The van der Waals surface area contributed by atoms with E-state index in [4.69, 9.17) is 14.2 Å².